The Morgan fingerprint density at radius 2 is 2.04 bits per heavy atom. The minimum atomic E-state index is -0.566. The summed E-state index contributed by atoms with van der Waals surface area (Å²) in [4.78, 5) is 0. The molecule has 2 heterocycles. The van der Waals surface area contributed by atoms with Crippen LogP contribution in [0.3, 0.4) is 0 Å². The van der Waals surface area contributed by atoms with Crippen molar-refractivity contribution in [1.82, 2.24) is 25.6 Å². The van der Waals surface area contributed by atoms with E-state index in [4.69, 9.17) is 4.74 Å². The lowest BCUT2D eigenvalue weighted by Crippen LogP contribution is -2.26. The van der Waals surface area contributed by atoms with Crippen LogP contribution in [0, 0.1) is 0 Å². The Bertz CT molecular complexity index is 684. The van der Waals surface area contributed by atoms with E-state index in [0.717, 1.165) is 50.2 Å². The van der Waals surface area contributed by atoms with Crippen LogP contribution in [0.1, 0.15) is 47.7 Å². The number of hydrogen-bond acceptors (Lipinski definition) is 5. The van der Waals surface area contributed by atoms with E-state index in [1.54, 1.807) is 11.8 Å². The van der Waals surface area contributed by atoms with Gasteiger partial charge in [0.25, 0.3) is 0 Å². The summed E-state index contributed by atoms with van der Waals surface area (Å²) in [6, 6.07) is 7.91. The molecule has 7 heteroatoms. The summed E-state index contributed by atoms with van der Waals surface area (Å²) in [5, 5.41) is 14.8. The molecule has 0 aliphatic carbocycles. The lowest BCUT2D eigenvalue weighted by Gasteiger charge is -2.26. The molecule has 2 aromatic rings. The second-order valence-corrected chi connectivity index (χ2v) is 7.11. The van der Waals surface area contributed by atoms with Gasteiger partial charge in [0, 0.05) is 26.3 Å². The Hall–Kier alpha value is -1.83. The van der Waals surface area contributed by atoms with Crippen molar-refractivity contribution < 1.29 is 9.13 Å². The van der Waals surface area contributed by atoms with Gasteiger partial charge in [-0.05, 0) is 50.0 Å². The number of rotatable bonds is 9. The Labute approximate surface area is 160 Å². The Morgan fingerprint density at radius 1 is 1.30 bits per heavy atom. The molecule has 6 nitrogen and oxygen atoms in total. The molecule has 27 heavy (non-hydrogen) atoms. The fraction of sp³-hybridized carbons (Fsp3) is 0.600. The molecule has 1 aromatic carbocycles. The summed E-state index contributed by atoms with van der Waals surface area (Å²) in [5.74, 6) is 0.600. The number of nitrogens with one attached hydrogen (secondary N) is 2. The van der Waals surface area contributed by atoms with Crippen molar-refractivity contribution in [3.05, 3.63) is 47.3 Å². The Morgan fingerprint density at radius 3 is 2.67 bits per heavy atom. The van der Waals surface area contributed by atoms with Gasteiger partial charge in [0.2, 0.25) is 0 Å². The van der Waals surface area contributed by atoms with Gasteiger partial charge in [0.15, 0.2) is 0 Å². The SMILES string of the molecule is CNCCc1cn([C@H](CF)[C@H](OC)c2ccc(C3CCNCC3)cc2)nn1. The minimum absolute atomic E-state index is 0.407. The van der Waals surface area contributed by atoms with E-state index in [0.29, 0.717) is 5.92 Å². The van der Waals surface area contributed by atoms with Crippen LogP contribution in [0.15, 0.2) is 30.5 Å². The third kappa shape index (κ3) is 4.91. The zero-order chi connectivity index (χ0) is 19.1. The van der Waals surface area contributed by atoms with Crippen molar-refractivity contribution in [2.24, 2.45) is 0 Å². The van der Waals surface area contributed by atoms with Crippen LogP contribution in [0.4, 0.5) is 4.39 Å². The summed E-state index contributed by atoms with van der Waals surface area (Å²) in [5.41, 5.74) is 3.16. The van der Waals surface area contributed by atoms with Crippen molar-refractivity contribution >= 4 is 0 Å². The summed E-state index contributed by atoms with van der Waals surface area (Å²) in [6.45, 7) is 2.38. The first-order valence-corrected chi connectivity index (χ1v) is 9.71. The van der Waals surface area contributed by atoms with Gasteiger partial charge < -0.3 is 15.4 Å². The summed E-state index contributed by atoms with van der Waals surface area (Å²) in [6.07, 6.45) is 4.49. The number of piperidine rings is 1. The smallest absolute Gasteiger partial charge is 0.115 e. The molecular formula is C20H30FN5O. The lowest BCUT2D eigenvalue weighted by molar-refractivity contribution is 0.0400. The number of alkyl halides is 1. The third-order valence-electron chi connectivity index (χ3n) is 5.37. The average Bonchev–Trinajstić information content (AvgIpc) is 3.19. The first-order valence-electron chi connectivity index (χ1n) is 9.71. The van der Waals surface area contributed by atoms with E-state index in [1.807, 2.05) is 13.2 Å². The normalized spacial score (nSPS) is 17.7. The molecule has 1 fully saturated rings. The molecule has 1 aliphatic rings. The van der Waals surface area contributed by atoms with Gasteiger partial charge in [-0.3, -0.25) is 0 Å². The number of likely N-dealkylation sites (N-methyl/N-ethyl adjacent to an activating group) is 1. The van der Waals surface area contributed by atoms with E-state index >= 15 is 0 Å². The van der Waals surface area contributed by atoms with Gasteiger partial charge in [0.05, 0.1) is 5.69 Å². The van der Waals surface area contributed by atoms with Gasteiger partial charge in [-0.1, -0.05) is 29.5 Å². The molecule has 2 N–H and O–H groups in total. The summed E-state index contributed by atoms with van der Waals surface area (Å²) < 4.78 is 21.2. The Balaban J connectivity index is 1.74. The topological polar surface area (TPSA) is 64.0 Å². The van der Waals surface area contributed by atoms with Gasteiger partial charge in [-0.25, -0.2) is 9.07 Å². The highest BCUT2D eigenvalue weighted by Crippen LogP contribution is 2.32. The van der Waals surface area contributed by atoms with Crippen molar-refractivity contribution in [3.8, 4) is 0 Å². The predicted molar refractivity (Wildman–Crippen MR) is 104 cm³/mol. The van der Waals surface area contributed by atoms with Crippen molar-refractivity contribution in [2.45, 2.75) is 37.3 Å². The van der Waals surface area contributed by atoms with Crippen LogP contribution in [-0.2, 0) is 11.2 Å². The largest absolute Gasteiger partial charge is 0.374 e. The second-order valence-electron chi connectivity index (χ2n) is 7.11. The van der Waals surface area contributed by atoms with Gasteiger partial charge in [-0.2, -0.15) is 0 Å². The van der Waals surface area contributed by atoms with Crippen LogP contribution < -0.4 is 10.6 Å². The highest BCUT2D eigenvalue weighted by Gasteiger charge is 2.26. The van der Waals surface area contributed by atoms with E-state index in [-0.39, 0.29) is 0 Å². The lowest BCUT2D eigenvalue weighted by atomic mass is 9.89. The molecule has 0 radical (unpaired) electrons. The standard InChI is InChI=1S/C20H30FN5O/c1-22-10-9-18-14-26(25-24-18)19(13-21)20(27-2)17-5-3-15(4-6-17)16-7-11-23-12-8-16/h3-6,14,16,19-20,22-23H,7-13H2,1-2H3/t19-,20-/m1/s1. The number of benzene rings is 1. The number of ether oxygens (including phenoxy) is 1. The number of aromatic nitrogens is 3. The molecule has 1 aliphatic heterocycles. The average molecular weight is 375 g/mol. The van der Waals surface area contributed by atoms with Gasteiger partial charge in [-0.15, -0.1) is 5.10 Å². The summed E-state index contributed by atoms with van der Waals surface area (Å²) >= 11 is 0. The van der Waals surface area contributed by atoms with Gasteiger partial charge >= 0.3 is 0 Å². The Kier molecular flexibility index (Phi) is 7.32. The van der Waals surface area contributed by atoms with E-state index in [1.165, 1.54) is 5.56 Å². The van der Waals surface area contributed by atoms with Crippen molar-refractivity contribution in [2.75, 3.05) is 40.5 Å². The number of nitrogens with zero attached hydrogens (tertiary/aromatic N) is 3. The zero-order valence-corrected chi connectivity index (χ0v) is 16.2. The zero-order valence-electron chi connectivity index (χ0n) is 16.2. The highest BCUT2D eigenvalue weighted by atomic mass is 19.1. The monoisotopic (exact) mass is 375 g/mol. The van der Waals surface area contributed by atoms with Crippen LogP contribution in [-0.4, -0.2) is 55.5 Å². The molecule has 0 unspecified atom stereocenters. The molecule has 0 spiro atoms. The first kappa shape index (κ1) is 19.9. The van der Waals surface area contributed by atoms with Crippen LogP contribution in [0.2, 0.25) is 0 Å². The molecule has 3 rings (SSSR count). The molecule has 148 valence electrons. The maximum atomic E-state index is 13.9. The molecular weight excluding hydrogens is 345 g/mol. The number of methoxy groups -OCH3 is 1. The maximum absolute atomic E-state index is 13.9. The first-order chi connectivity index (χ1) is 13.3. The molecule has 2 atom stereocenters. The fourth-order valence-corrected chi connectivity index (χ4v) is 3.76. The molecule has 1 saturated heterocycles. The summed E-state index contributed by atoms with van der Waals surface area (Å²) in [7, 11) is 3.51. The second kappa shape index (κ2) is 9.92. The fourth-order valence-electron chi connectivity index (χ4n) is 3.76. The molecule has 0 bridgehead atoms. The van der Waals surface area contributed by atoms with Crippen molar-refractivity contribution in [3.63, 3.8) is 0 Å². The van der Waals surface area contributed by atoms with Crippen molar-refractivity contribution in [1.29, 1.82) is 0 Å². The quantitative estimate of drug-likeness (QED) is 0.705. The minimum Gasteiger partial charge on any atom is -0.374 e. The van der Waals surface area contributed by atoms with Crippen LogP contribution >= 0.6 is 0 Å². The highest BCUT2D eigenvalue weighted by molar-refractivity contribution is 5.28. The van der Waals surface area contributed by atoms with Gasteiger partial charge in [0.1, 0.15) is 18.8 Å². The molecule has 0 saturated carbocycles. The van der Waals surface area contributed by atoms with Crippen LogP contribution in [0.5, 0.6) is 0 Å². The number of hydrogen-bond donors (Lipinski definition) is 2. The van der Waals surface area contributed by atoms with E-state index in [9.17, 15) is 4.39 Å². The predicted octanol–water partition coefficient (Wildman–Crippen LogP) is 2.41. The molecule has 1 aromatic heterocycles. The maximum Gasteiger partial charge on any atom is 0.115 e. The van der Waals surface area contributed by atoms with Crippen LogP contribution in [0.25, 0.3) is 0 Å². The third-order valence-corrected chi connectivity index (χ3v) is 5.37. The van der Waals surface area contributed by atoms with E-state index in [2.05, 4.69) is 45.2 Å². The molecule has 0 amide bonds. The van der Waals surface area contributed by atoms with E-state index < -0.39 is 18.8 Å². The number of halogens is 1.